The van der Waals surface area contributed by atoms with E-state index in [4.69, 9.17) is 19.9 Å². The molecule has 0 radical (unpaired) electrons. The van der Waals surface area contributed by atoms with Crippen LogP contribution in [0.25, 0.3) is 0 Å². The number of anilines is 1. The highest BCUT2D eigenvalue weighted by Crippen LogP contribution is 2.24. The Balaban J connectivity index is 0.00000242. The number of rotatable bonds is 5. The summed E-state index contributed by atoms with van der Waals surface area (Å²) in [6.07, 6.45) is 1.67. The molecule has 124 valence electrons. The molecule has 1 fully saturated rings. The van der Waals surface area contributed by atoms with Crippen molar-refractivity contribution in [2.24, 2.45) is 10.7 Å². The summed E-state index contributed by atoms with van der Waals surface area (Å²) < 4.78 is 16.1. The Hall–Kier alpha value is -1.06. The number of benzene rings is 1. The molecule has 0 unspecified atom stereocenters. The first kappa shape index (κ1) is 19.0. The van der Waals surface area contributed by atoms with Crippen LogP contribution in [0.2, 0.25) is 0 Å². The fourth-order valence-corrected chi connectivity index (χ4v) is 2.26. The van der Waals surface area contributed by atoms with Crippen molar-refractivity contribution in [3.63, 3.8) is 0 Å². The topological polar surface area (TPSA) is 78.1 Å². The van der Waals surface area contributed by atoms with Gasteiger partial charge in [-0.1, -0.05) is 0 Å². The number of methoxy groups -OCH3 is 2. The molecule has 1 aromatic rings. The Morgan fingerprint density at radius 2 is 1.91 bits per heavy atom. The Kier molecular flexibility index (Phi) is 7.91. The van der Waals surface area contributed by atoms with Gasteiger partial charge in [0.1, 0.15) is 5.75 Å². The van der Waals surface area contributed by atoms with Gasteiger partial charge in [0.05, 0.1) is 19.3 Å². The molecule has 1 aromatic carbocycles. The molecular weight excluding hydrogens is 397 g/mol. The van der Waals surface area contributed by atoms with Crippen LogP contribution in [0, 0.1) is 0 Å². The van der Waals surface area contributed by atoms with Gasteiger partial charge >= 0.3 is 0 Å². The van der Waals surface area contributed by atoms with Crippen LogP contribution < -0.4 is 15.8 Å². The van der Waals surface area contributed by atoms with E-state index in [0.717, 1.165) is 24.3 Å². The molecule has 3 N–H and O–H groups in total. The van der Waals surface area contributed by atoms with E-state index in [1.54, 1.807) is 14.2 Å². The second-order valence-corrected chi connectivity index (χ2v) is 5.05. The molecule has 0 aliphatic carbocycles. The van der Waals surface area contributed by atoms with Gasteiger partial charge in [0.25, 0.3) is 0 Å². The number of aliphatic imine (C=N–C) groups is 1. The highest BCUT2D eigenvalue weighted by molar-refractivity contribution is 14.0. The average molecular weight is 421 g/mol. The zero-order valence-corrected chi connectivity index (χ0v) is 15.3. The summed E-state index contributed by atoms with van der Waals surface area (Å²) in [7, 11) is 3.35. The van der Waals surface area contributed by atoms with Gasteiger partial charge in [0, 0.05) is 38.9 Å². The van der Waals surface area contributed by atoms with Crippen LogP contribution in [0.15, 0.2) is 29.3 Å². The molecular formula is C15H24IN3O3. The molecule has 0 saturated carbocycles. The number of nitrogens with zero attached hydrogens (tertiary/aromatic N) is 1. The van der Waals surface area contributed by atoms with Gasteiger partial charge in [-0.15, -0.1) is 24.0 Å². The molecule has 1 aliphatic rings. The van der Waals surface area contributed by atoms with Crippen molar-refractivity contribution in [3.8, 4) is 5.75 Å². The van der Waals surface area contributed by atoms with E-state index < -0.39 is 0 Å². The SMILES string of the molecule is COc1ccc(NC(N)=NCC2(OC)CCOCC2)cc1.I. The van der Waals surface area contributed by atoms with E-state index >= 15 is 0 Å². The third-order valence-electron chi connectivity index (χ3n) is 3.74. The van der Waals surface area contributed by atoms with E-state index in [1.807, 2.05) is 24.3 Å². The van der Waals surface area contributed by atoms with Gasteiger partial charge in [0.2, 0.25) is 0 Å². The lowest BCUT2D eigenvalue weighted by Gasteiger charge is -2.34. The van der Waals surface area contributed by atoms with E-state index in [9.17, 15) is 0 Å². The van der Waals surface area contributed by atoms with Crippen LogP contribution >= 0.6 is 24.0 Å². The minimum Gasteiger partial charge on any atom is -0.497 e. The summed E-state index contributed by atoms with van der Waals surface area (Å²) >= 11 is 0. The average Bonchev–Trinajstić information content (AvgIpc) is 2.54. The zero-order chi connectivity index (χ0) is 15.1. The zero-order valence-electron chi connectivity index (χ0n) is 13.0. The summed E-state index contributed by atoms with van der Waals surface area (Å²) in [6.45, 7) is 1.94. The molecule has 22 heavy (non-hydrogen) atoms. The number of ether oxygens (including phenoxy) is 3. The van der Waals surface area contributed by atoms with Crippen molar-refractivity contribution in [2.45, 2.75) is 18.4 Å². The minimum atomic E-state index is -0.259. The van der Waals surface area contributed by atoms with Crippen LogP contribution in [0.4, 0.5) is 5.69 Å². The Morgan fingerprint density at radius 3 is 2.45 bits per heavy atom. The Labute approximate surface area is 148 Å². The predicted octanol–water partition coefficient (Wildman–Crippen LogP) is 2.24. The fourth-order valence-electron chi connectivity index (χ4n) is 2.26. The molecule has 1 aliphatic heterocycles. The largest absolute Gasteiger partial charge is 0.497 e. The van der Waals surface area contributed by atoms with E-state index in [1.165, 1.54) is 0 Å². The summed E-state index contributed by atoms with van der Waals surface area (Å²) in [5.74, 6) is 1.18. The molecule has 0 atom stereocenters. The standard InChI is InChI=1S/C15H23N3O3.HI/c1-19-13-5-3-12(4-6-13)18-14(16)17-11-15(20-2)7-9-21-10-8-15;/h3-6H,7-11H2,1-2H3,(H3,16,17,18);1H. The number of hydrogen-bond acceptors (Lipinski definition) is 4. The molecule has 0 aromatic heterocycles. The van der Waals surface area contributed by atoms with Crippen molar-refractivity contribution in [1.82, 2.24) is 0 Å². The van der Waals surface area contributed by atoms with Crippen molar-refractivity contribution in [2.75, 3.05) is 39.3 Å². The van der Waals surface area contributed by atoms with Crippen LogP contribution in [0.3, 0.4) is 0 Å². The molecule has 0 amide bonds. The lowest BCUT2D eigenvalue weighted by Crippen LogP contribution is -2.42. The second kappa shape index (κ2) is 9.16. The summed E-state index contributed by atoms with van der Waals surface area (Å²) in [4.78, 5) is 4.40. The number of nitrogens with two attached hydrogens (primary N) is 1. The van der Waals surface area contributed by atoms with Gasteiger partial charge in [-0.3, -0.25) is 4.99 Å². The monoisotopic (exact) mass is 421 g/mol. The first-order valence-electron chi connectivity index (χ1n) is 7.01. The molecule has 2 rings (SSSR count). The van der Waals surface area contributed by atoms with E-state index in [2.05, 4.69) is 10.3 Å². The van der Waals surface area contributed by atoms with Gasteiger partial charge in [-0.25, -0.2) is 0 Å². The normalized spacial score (nSPS) is 17.5. The van der Waals surface area contributed by atoms with Crippen molar-refractivity contribution in [1.29, 1.82) is 0 Å². The maximum absolute atomic E-state index is 5.93. The van der Waals surface area contributed by atoms with Gasteiger partial charge in [-0.05, 0) is 24.3 Å². The van der Waals surface area contributed by atoms with Crippen molar-refractivity contribution < 1.29 is 14.2 Å². The van der Waals surface area contributed by atoms with E-state index in [0.29, 0.717) is 25.7 Å². The van der Waals surface area contributed by atoms with Crippen LogP contribution in [0.5, 0.6) is 5.75 Å². The Bertz CT molecular complexity index is 473. The lowest BCUT2D eigenvalue weighted by molar-refractivity contribution is -0.0828. The number of halogens is 1. The fraction of sp³-hybridized carbons (Fsp3) is 0.533. The summed E-state index contributed by atoms with van der Waals surface area (Å²) in [5, 5.41) is 3.06. The summed E-state index contributed by atoms with van der Waals surface area (Å²) in [6, 6.07) is 7.51. The van der Waals surface area contributed by atoms with Gasteiger partial charge in [0.15, 0.2) is 5.96 Å². The molecule has 0 bridgehead atoms. The third-order valence-corrected chi connectivity index (χ3v) is 3.74. The van der Waals surface area contributed by atoms with Crippen LogP contribution in [-0.2, 0) is 9.47 Å². The van der Waals surface area contributed by atoms with Crippen LogP contribution in [0.1, 0.15) is 12.8 Å². The number of hydrogen-bond donors (Lipinski definition) is 2. The predicted molar refractivity (Wildman–Crippen MR) is 98.3 cm³/mol. The molecule has 6 nitrogen and oxygen atoms in total. The van der Waals surface area contributed by atoms with Gasteiger partial charge < -0.3 is 25.3 Å². The number of guanidine groups is 1. The molecule has 1 saturated heterocycles. The first-order valence-corrected chi connectivity index (χ1v) is 7.01. The minimum absolute atomic E-state index is 0. The Morgan fingerprint density at radius 1 is 1.27 bits per heavy atom. The molecule has 7 heteroatoms. The first-order chi connectivity index (χ1) is 10.2. The van der Waals surface area contributed by atoms with E-state index in [-0.39, 0.29) is 29.6 Å². The lowest BCUT2D eigenvalue weighted by atomic mass is 9.94. The van der Waals surface area contributed by atoms with Crippen molar-refractivity contribution in [3.05, 3.63) is 24.3 Å². The highest BCUT2D eigenvalue weighted by Gasteiger charge is 2.32. The maximum atomic E-state index is 5.93. The van der Waals surface area contributed by atoms with Crippen LogP contribution in [-0.4, -0.2) is 45.5 Å². The number of nitrogens with one attached hydrogen (secondary N) is 1. The third kappa shape index (κ3) is 5.29. The molecule has 0 spiro atoms. The smallest absolute Gasteiger partial charge is 0.193 e. The van der Waals surface area contributed by atoms with Gasteiger partial charge in [-0.2, -0.15) is 0 Å². The molecule has 1 heterocycles. The summed E-state index contributed by atoms with van der Waals surface area (Å²) in [5.41, 5.74) is 6.54. The second-order valence-electron chi connectivity index (χ2n) is 5.05. The highest BCUT2D eigenvalue weighted by atomic mass is 127. The van der Waals surface area contributed by atoms with Crippen molar-refractivity contribution >= 4 is 35.6 Å². The quantitative estimate of drug-likeness (QED) is 0.433. The maximum Gasteiger partial charge on any atom is 0.193 e.